The fraction of sp³-hybridized carbons (Fsp3) is 0.250. The molecule has 17 heavy (non-hydrogen) atoms. The fourth-order valence-corrected chi connectivity index (χ4v) is 1.98. The first-order valence-electron chi connectivity index (χ1n) is 4.95. The highest BCUT2D eigenvalue weighted by atomic mass is 79.9. The SMILES string of the molecule is CCOC(=O)Cc1cc(C#N)cc(Br)c1C=O. The number of esters is 1. The van der Waals surface area contributed by atoms with Crippen molar-refractivity contribution in [3.05, 3.63) is 33.3 Å². The number of aldehydes is 1. The van der Waals surface area contributed by atoms with Crippen molar-refractivity contribution in [2.75, 3.05) is 6.61 Å². The molecule has 0 aliphatic heterocycles. The predicted octanol–water partition coefficient (Wildman–Crippen LogP) is 2.24. The summed E-state index contributed by atoms with van der Waals surface area (Å²) in [6, 6.07) is 5.03. The van der Waals surface area contributed by atoms with Crippen LogP contribution in [0.25, 0.3) is 0 Å². The van der Waals surface area contributed by atoms with E-state index in [4.69, 9.17) is 10.00 Å². The Kier molecular flexibility index (Phi) is 4.85. The highest BCUT2D eigenvalue weighted by Crippen LogP contribution is 2.22. The zero-order chi connectivity index (χ0) is 12.8. The monoisotopic (exact) mass is 295 g/mol. The number of carbonyl (C=O) groups excluding carboxylic acids is 2. The Labute approximate surface area is 107 Å². The van der Waals surface area contributed by atoms with Gasteiger partial charge < -0.3 is 4.74 Å². The van der Waals surface area contributed by atoms with Crippen molar-refractivity contribution in [2.24, 2.45) is 0 Å². The summed E-state index contributed by atoms with van der Waals surface area (Å²) in [4.78, 5) is 22.3. The lowest BCUT2D eigenvalue weighted by Crippen LogP contribution is -2.09. The summed E-state index contributed by atoms with van der Waals surface area (Å²) in [7, 11) is 0. The molecule has 0 amide bonds. The largest absolute Gasteiger partial charge is 0.466 e. The van der Waals surface area contributed by atoms with Crippen molar-refractivity contribution in [3.63, 3.8) is 0 Å². The van der Waals surface area contributed by atoms with Crippen LogP contribution in [0.4, 0.5) is 0 Å². The number of ether oxygens (including phenoxy) is 1. The van der Waals surface area contributed by atoms with Gasteiger partial charge in [-0.25, -0.2) is 0 Å². The van der Waals surface area contributed by atoms with Gasteiger partial charge in [-0.05, 0) is 24.6 Å². The number of carbonyl (C=O) groups is 2. The summed E-state index contributed by atoms with van der Waals surface area (Å²) in [5.41, 5.74) is 1.25. The van der Waals surface area contributed by atoms with Crippen LogP contribution in [0.15, 0.2) is 16.6 Å². The summed E-state index contributed by atoms with van der Waals surface area (Å²) in [6.07, 6.45) is 0.635. The fourth-order valence-electron chi connectivity index (χ4n) is 1.39. The van der Waals surface area contributed by atoms with E-state index in [2.05, 4.69) is 15.9 Å². The average Bonchev–Trinajstić information content (AvgIpc) is 2.28. The van der Waals surface area contributed by atoms with Crippen molar-refractivity contribution in [1.82, 2.24) is 0 Å². The maximum Gasteiger partial charge on any atom is 0.310 e. The van der Waals surface area contributed by atoms with Gasteiger partial charge in [0.05, 0.1) is 24.7 Å². The van der Waals surface area contributed by atoms with Crippen LogP contribution in [-0.2, 0) is 16.0 Å². The first-order valence-corrected chi connectivity index (χ1v) is 5.75. The molecule has 0 radical (unpaired) electrons. The summed E-state index contributed by atoms with van der Waals surface area (Å²) in [6.45, 7) is 1.99. The quantitative estimate of drug-likeness (QED) is 0.631. The Morgan fingerprint density at radius 2 is 2.29 bits per heavy atom. The lowest BCUT2D eigenvalue weighted by molar-refractivity contribution is -0.142. The zero-order valence-corrected chi connectivity index (χ0v) is 10.8. The highest BCUT2D eigenvalue weighted by Gasteiger charge is 2.13. The third-order valence-corrected chi connectivity index (χ3v) is 2.76. The lowest BCUT2D eigenvalue weighted by Gasteiger charge is -2.07. The van der Waals surface area contributed by atoms with E-state index in [1.54, 1.807) is 13.0 Å². The van der Waals surface area contributed by atoms with E-state index in [1.807, 2.05) is 6.07 Å². The molecule has 4 nitrogen and oxygen atoms in total. The molecular formula is C12H10BrNO3. The van der Waals surface area contributed by atoms with Gasteiger partial charge in [-0.15, -0.1) is 0 Å². The third-order valence-electron chi connectivity index (χ3n) is 2.10. The van der Waals surface area contributed by atoms with Gasteiger partial charge in [-0.1, -0.05) is 15.9 Å². The molecule has 88 valence electrons. The van der Waals surface area contributed by atoms with Crippen LogP contribution in [0.1, 0.15) is 28.4 Å². The minimum Gasteiger partial charge on any atom is -0.466 e. The Balaban J connectivity index is 3.12. The zero-order valence-electron chi connectivity index (χ0n) is 9.20. The van der Waals surface area contributed by atoms with Crippen LogP contribution < -0.4 is 0 Å². The molecule has 0 aromatic heterocycles. The molecule has 0 saturated heterocycles. The molecule has 0 unspecified atom stereocenters. The van der Waals surface area contributed by atoms with E-state index in [9.17, 15) is 9.59 Å². The number of hydrogen-bond acceptors (Lipinski definition) is 4. The van der Waals surface area contributed by atoms with Gasteiger partial charge in [0, 0.05) is 10.0 Å². The van der Waals surface area contributed by atoms with Crippen LogP contribution in [0.2, 0.25) is 0 Å². The van der Waals surface area contributed by atoms with Gasteiger partial charge >= 0.3 is 5.97 Å². The van der Waals surface area contributed by atoms with E-state index >= 15 is 0 Å². The second kappa shape index (κ2) is 6.16. The smallest absolute Gasteiger partial charge is 0.310 e. The summed E-state index contributed by atoms with van der Waals surface area (Å²) in [5.74, 6) is -0.419. The van der Waals surface area contributed by atoms with Crippen molar-refractivity contribution in [1.29, 1.82) is 5.26 Å². The summed E-state index contributed by atoms with van der Waals surface area (Å²) >= 11 is 3.19. The number of halogens is 1. The molecule has 1 aromatic carbocycles. The van der Waals surface area contributed by atoms with Crippen molar-refractivity contribution in [2.45, 2.75) is 13.3 Å². The number of hydrogen-bond donors (Lipinski definition) is 0. The maximum atomic E-state index is 11.4. The number of benzene rings is 1. The van der Waals surface area contributed by atoms with Gasteiger partial charge in [0.25, 0.3) is 0 Å². The molecule has 0 saturated carbocycles. The topological polar surface area (TPSA) is 67.2 Å². The average molecular weight is 296 g/mol. The number of nitrogens with zero attached hydrogens (tertiary/aromatic N) is 1. The van der Waals surface area contributed by atoms with E-state index in [-0.39, 0.29) is 13.0 Å². The Morgan fingerprint density at radius 3 is 2.82 bits per heavy atom. The minimum atomic E-state index is -0.419. The van der Waals surface area contributed by atoms with E-state index in [0.29, 0.717) is 27.4 Å². The van der Waals surface area contributed by atoms with Gasteiger partial charge in [-0.3, -0.25) is 9.59 Å². The molecule has 0 aliphatic rings. The Hall–Kier alpha value is -1.67. The Morgan fingerprint density at radius 1 is 1.59 bits per heavy atom. The van der Waals surface area contributed by atoms with E-state index in [0.717, 1.165) is 0 Å². The van der Waals surface area contributed by atoms with Crippen LogP contribution in [0, 0.1) is 11.3 Å². The first-order chi connectivity index (χ1) is 8.12. The molecular weight excluding hydrogens is 286 g/mol. The second-order valence-electron chi connectivity index (χ2n) is 3.24. The summed E-state index contributed by atoms with van der Waals surface area (Å²) < 4.78 is 5.31. The molecule has 1 aromatic rings. The summed E-state index contributed by atoms with van der Waals surface area (Å²) in [5, 5.41) is 8.81. The molecule has 0 atom stereocenters. The van der Waals surface area contributed by atoms with Gasteiger partial charge in [0.15, 0.2) is 6.29 Å². The Bertz CT molecular complexity index is 491. The van der Waals surface area contributed by atoms with Crippen LogP contribution in [0.3, 0.4) is 0 Å². The van der Waals surface area contributed by atoms with Crippen molar-refractivity contribution < 1.29 is 14.3 Å². The molecule has 0 aliphatic carbocycles. The first kappa shape index (κ1) is 13.4. The molecule has 0 spiro atoms. The predicted molar refractivity (Wildman–Crippen MR) is 64.6 cm³/mol. The third kappa shape index (κ3) is 3.40. The van der Waals surface area contributed by atoms with E-state index in [1.165, 1.54) is 6.07 Å². The van der Waals surface area contributed by atoms with Crippen LogP contribution in [-0.4, -0.2) is 18.9 Å². The second-order valence-corrected chi connectivity index (χ2v) is 4.10. The minimum absolute atomic E-state index is 0.0178. The van der Waals surface area contributed by atoms with Crippen molar-refractivity contribution >= 4 is 28.2 Å². The van der Waals surface area contributed by atoms with Crippen LogP contribution in [0.5, 0.6) is 0 Å². The molecule has 0 heterocycles. The highest BCUT2D eigenvalue weighted by molar-refractivity contribution is 9.10. The normalized spacial score (nSPS) is 9.47. The van der Waals surface area contributed by atoms with Crippen LogP contribution >= 0.6 is 15.9 Å². The number of rotatable bonds is 4. The molecule has 0 fully saturated rings. The molecule has 0 bridgehead atoms. The lowest BCUT2D eigenvalue weighted by atomic mass is 10.0. The van der Waals surface area contributed by atoms with Gasteiger partial charge in [0.1, 0.15) is 0 Å². The maximum absolute atomic E-state index is 11.4. The van der Waals surface area contributed by atoms with E-state index < -0.39 is 5.97 Å². The molecule has 1 rings (SSSR count). The van der Waals surface area contributed by atoms with Gasteiger partial charge in [0.2, 0.25) is 0 Å². The standard InChI is InChI=1S/C12H10BrNO3/c1-2-17-12(16)5-9-3-8(6-14)4-11(13)10(9)7-15/h3-4,7H,2,5H2,1H3. The molecule has 5 heteroatoms. The number of nitriles is 1. The molecule has 0 N–H and O–H groups in total. The van der Waals surface area contributed by atoms with Gasteiger partial charge in [-0.2, -0.15) is 5.26 Å². The van der Waals surface area contributed by atoms with Crippen molar-refractivity contribution in [3.8, 4) is 6.07 Å².